The summed E-state index contributed by atoms with van der Waals surface area (Å²) < 4.78 is 0. The molecule has 0 aliphatic heterocycles. The van der Waals surface area contributed by atoms with E-state index in [-0.39, 0.29) is 13.6 Å². The lowest BCUT2D eigenvalue weighted by Gasteiger charge is -1.39. The van der Waals surface area contributed by atoms with Gasteiger partial charge in [-0.05, 0) is 10.8 Å². The van der Waals surface area contributed by atoms with E-state index in [0.29, 0.717) is 0 Å². The molecule has 0 aliphatic carbocycles. The van der Waals surface area contributed by atoms with Gasteiger partial charge in [0.05, 0.1) is 0 Å². The van der Waals surface area contributed by atoms with Gasteiger partial charge in [-0.15, -0.1) is 0 Å². The average Bonchev–Trinajstić information content (AvgIpc) is 2.23. The third kappa shape index (κ3) is 11.3. The molecule has 0 bridgehead atoms. The second kappa shape index (κ2) is 15.6. The molecule has 0 unspecified atom stereocenters. The number of rotatable bonds is 0. The molecule has 0 radical (unpaired) electrons. The van der Waals surface area contributed by atoms with Crippen LogP contribution in [0.15, 0.2) is 22.9 Å². The quantitative estimate of drug-likeness (QED) is 0.598. The second-order valence-electron chi connectivity index (χ2n) is 0.793. The molecule has 0 atom stereocenters. The van der Waals surface area contributed by atoms with Crippen molar-refractivity contribution in [3.63, 3.8) is 0 Å². The molecule has 0 aromatic carbocycles. The molecular formula is C7H17NS. The topological polar surface area (TPSA) is 35.0 Å². The van der Waals surface area contributed by atoms with Crippen LogP contribution >= 0.6 is 11.3 Å². The molecule has 0 amide bonds. The Labute approximate surface area is 62.3 Å². The van der Waals surface area contributed by atoms with E-state index in [4.69, 9.17) is 0 Å². The fourth-order valence-electron chi connectivity index (χ4n) is 0.227. The zero-order valence-electron chi connectivity index (χ0n) is 5.42. The standard InChI is InChI=1S/C4H4S.C2H6.CH4.H3N/c1-2-4-5-3-1;1-2;;/h1-4H;1-2H3;1H4;1H3. The number of hydrogen-bond acceptors (Lipinski definition) is 2. The normalized spacial score (nSPS) is 5.11. The smallest absolute Gasteiger partial charge is 0.00934 e. The Morgan fingerprint density at radius 2 is 1.33 bits per heavy atom. The van der Waals surface area contributed by atoms with Crippen molar-refractivity contribution in [1.82, 2.24) is 6.15 Å². The summed E-state index contributed by atoms with van der Waals surface area (Å²) in [6.07, 6.45) is 0. The summed E-state index contributed by atoms with van der Waals surface area (Å²) >= 11 is 1.71. The molecule has 0 aliphatic rings. The maximum atomic E-state index is 2.04. The van der Waals surface area contributed by atoms with Gasteiger partial charge in [-0.25, -0.2) is 0 Å². The van der Waals surface area contributed by atoms with E-state index in [1.807, 2.05) is 36.7 Å². The van der Waals surface area contributed by atoms with Crippen LogP contribution in [0.4, 0.5) is 0 Å². The molecule has 0 saturated heterocycles. The van der Waals surface area contributed by atoms with Crippen molar-refractivity contribution in [2.24, 2.45) is 0 Å². The molecule has 1 nitrogen and oxygen atoms in total. The van der Waals surface area contributed by atoms with Gasteiger partial charge in [-0.2, -0.15) is 11.3 Å². The van der Waals surface area contributed by atoms with Gasteiger partial charge in [-0.1, -0.05) is 33.4 Å². The first-order chi connectivity index (χ1) is 3.50. The summed E-state index contributed by atoms with van der Waals surface area (Å²) in [6.45, 7) is 4.00. The summed E-state index contributed by atoms with van der Waals surface area (Å²) in [4.78, 5) is 0. The van der Waals surface area contributed by atoms with Crippen molar-refractivity contribution in [2.75, 3.05) is 0 Å². The van der Waals surface area contributed by atoms with Crippen molar-refractivity contribution in [2.45, 2.75) is 21.3 Å². The minimum atomic E-state index is 0. The Morgan fingerprint density at radius 1 is 1.00 bits per heavy atom. The largest absolute Gasteiger partial charge is 0.344 e. The lowest BCUT2D eigenvalue weighted by molar-refractivity contribution is 1.50. The van der Waals surface area contributed by atoms with Gasteiger partial charge in [0, 0.05) is 0 Å². The summed E-state index contributed by atoms with van der Waals surface area (Å²) in [5.41, 5.74) is 0. The fourth-order valence-corrected chi connectivity index (χ4v) is 0.680. The number of hydrogen-bond donors (Lipinski definition) is 1. The van der Waals surface area contributed by atoms with Gasteiger partial charge < -0.3 is 6.15 Å². The Hall–Kier alpha value is -0.340. The van der Waals surface area contributed by atoms with Gasteiger partial charge in [0.15, 0.2) is 0 Å². The summed E-state index contributed by atoms with van der Waals surface area (Å²) in [7, 11) is 0. The van der Waals surface area contributed by atoms with Crippen LogP contribution in [0.3, 0.4) is 0 Å². The van der Waals surface area contributed by atoms with Gasteiger partial charge in [0.2, 0.25) is 0 Å². The minimum absolute atomic E-state index is 0. The highest BCUT2D eigenvalue weighted by molar-refractivity contribution is 7.07. The molecule has 1 heterocycles. The lowest BCUT2D eigenvalue weighted by atomic mass is 10.7. The average molecular weight is 147 g/mol. The van der Waals surface area contributed by atoms with E-state index in [1.165, 1.54) is 0 Å². The third-order valence-corrected chi connectivity index (χ3v) is 1.05. The van der Waals surface area contributed by atoms with Crippen LogP contribution in [0, 0.1) is 0 Å². The number of thiophene rings is 1. The fraction of sp³-hybridized carbons (Fsp3) is 0.429. The molecule has 3 N–H and O–H groups in total. The first-order valence-electron chi connectivity index (χ1n) is 2.47. The summed E-state index contributed by atoms with van der Waals surface area (Å²) in [5, 5.41) is 4.08. The molecule has 0 saturated carbocycles. The van der Waals surface area contributed by atoms with Crippen LogP contribution in [0.5, 0.6) is 0 Å². The first-order valence-corrected chi connectivity index (χ1v) is 3.41. The Morgan fingerprint density at radius 3 is 1.44 bits per heavy atom. The Balaban J connectivity index is -0.0000000836. The zero-order valence-corrected chi connectivity index (χ0v) is 6.24. The molecule has 2 heteroatoms. The van der Waals surface area contributed by atoms with Crippen LogP contribution < -0.4 is 6.15 Å². The van der Waals surface area contributed by atoms with Crippen LogP contribution in [-0.2, 0) is 0 Å². The van der Waals surface area contributed by atoms with Crippen molar-refractivity contribution >= 4 is 11.3 Å². The molecule has 56 valence electrons. The van der Waals surface area contributed by atoms with Gasteiger partial charge in [-0.3, -0.25) is 0 Å². The molecule has 0 fully saturated rings. The lowest BCUT2D eigenvalue weighted by Crippen LogP contribution is -1.16. The minimum Gasteiger partial charge on any atom is -0.344 e. The van der Waals surface area contributed by atoms with Crippen LogP contribution in [0.1, 0.15) is 21.3 Å². The molecule has 1 aromatic rings. The predicted octanol–water partition coefficient (Wildman–Crippen LogP) is 3.57. The highest BCUT2D eigenvalue weighted by Crippen LogP contribution is 1.91. The second-order valence-corrected chi connectivity index (χ2v) is 1.61. The van der Waals surface area contributed by atoms with E-state index < -0.39 is 0 Å². The van der Waals surface area contributed by atoms with E-state index >= 15 is 0 Å². The highest BCUT2D eigenvalue weighted by atomic mass is 32.1. The van der Waals surface area contributed by atoms with E-state index in [1.54, 1.807) is 11.3 Å². The van der Waals surface area contributed by atoms with Crippen LogP contribution in [0.25, 0.3) is 0 Å². The molecular weight excluding hydrogens is 130 g/mol. The van der Waals surface area contributed by atoms with E-state index in [2.05, 4.69) is 0 Å². The summed E-state index contributed by atoms with van der Waals surface area (Å²) in [6, 6.07) is 4.04. The maximum Gasteiger partial charge on any atom is -0.00934 e. The monoisotopic (exact) mass is 147 g/mol. The Kier molecular flexibility index (Phi) is 27.6. The van der Waals surface area contributed by atoms with E-state index in [9.17, 15) is 0 Å². The Bertz CT molecular complexity index is 65.4. The van der Waals surface area contributed by atoms with Crippen molar-refractivity contribution in [3.05, 3.63) is 22.9 Å². The maximum absolute atomic E-state index is 2.04. The SMILES string of the molecule is C.CC.N.c1ccsc1. The third-order valence-electron chi connectivity index (χ3n) is 0.425. The first kappa shape index (κ1) is 15.9. The van der Waals surface area contributed by atoms with Crippen LogP contribution in [0.2, 0.25) is 0 Å². The zero-order chi connectivity index (χ0) is 5.54. The van der Waals surface area contributed by atoms with Crippen molar-refractivity contribution in [1.29, 1.82) is 0 Å². The van der Waals surface area contributed by atoms with Crippen molar-refractivity contribution in [3.8, 4) is 0 Å². The van der Waals surface area contributed by atoms with Gasteiger partial charge >= 0.3 is 0 Å². The predicted molar refractivity (Wildman–Crippen MR) is 47.4 cm³/mol. The van der Waals surface area contributed by atoms with Gasteiger partial charge in [0.1, 0.15) is 0 Å². The van der Waals surface area contributed by atoms with Crippen LogP contribution in [-0.4, -0.2) is 0 Å². The van der Waals surface area contributed by atoms with E-state index in [0.717, 1.165) is 0 Å². The molecule has 1 aromatic heterocycles. The highest BCUT2D eigenvalue weighted by Gasteiger charge is 1.58. The molecule has 9 heavy (non-hydrogen) atoms. The van der Waals surface area contributed by atoms with Gasteiger partial charge in [0.25, 0.3) is 0 Å². The molecule has 1 rings (SSSR count). The molecule has 0 spiro atoms. The van der Waals surface area contributed by atoms with Crippen molar-refractivity contribution < 1.29 is 0 Å². The summed E-state index contributed by atoms with van der Waals surface area (Å²) in [5.74, 6) is 0.